The van der Waals surface area contributed by atoms with Crippen molar-refractivity contribution in [3.63, 3.8) is 0 Å². The lowest BCUT2D eigenvalue weighted by molar-refractivity contribution is -0.142. The third-order valence-corrected chi connectivity index (χ3v) is 3.74. The molecule has 0 aromatic rings. The maximum Gasteiger partial charge on any atom is 0.326 e. The molecule has 0 aliphatic heterocycles. The lowest BCUT2D eigenvalue weighted by Crippen LogP contribution is -2.56. The summed E-state index contributed by atoms with van der Waals surface area (Å²) in [4.78, 5) is 34.8. The molecule has 0 aromatic heterocycles. The van der Waals surface area contributed by atoms with Crippen LogP contribution in [0.1, 0.15) is 26.2 Å². The SMILES string of the molecule is CC(N)C(=O)NC(CS(=O)(=O)O)C(=O)NC(CCCCN)C(=O)O. The van der Waals surface area contributed by atoms with E-state index in [9.17, 15) is 22.8 Å². The zero-order valence-corrected chi connectivity index (χ0v) is 14.1. The third-order valence-electron chi connectivity index (χ3n) is 2.99. The molecule has 0 aliphatic rings. The van der Waals surface area contributed by atoms with Gasteiger partial charge in [0, 0.05) is 0 Å². The number of carbonyl (C=O) groups excluding carboxylic acids is 2. The summed E-state index contributed by atoms with van der Waals surface area (Å²) in [5, 5.41) is 13.3. The number of amides is 2. The number of hydrogen-bond donors (Lipinski definition) is 6. The number of hydrogen-bond acceptors (Lipinski definition) is 7. The second-order valence-electron chi connectivity index (χ2n) is 5.28. The Kier molecular flexibility index (Phi) is 9.43. The van der Waals surface area contributed by atoms with E-state index in [4.69, 9.17) is 21.1 Å². The van der Waals surface area contributed by atoms with Crippen molar-refractivity contribution in [2.45, 2.75) is 44.3 Å². The van der Waals surface area contributed by atoms with Gasteiger partial charge >= 0.3 is 5.97 Å². The topological polar surface area (TPSA) is 202 Å². The molecular formula is C12H24N4O7S. The highest BCUT2D eigenvalue weighted by molar-refractivity contribution is 7.85. The van der Waals surface area contributed by atoms with Crippen LogP contribution in [-0.2, 0) is 24.5 Å². The molecule has 0 saturated carbocycles. The molecule has 3 unspecified atom stereocenters. The zero-order chi connectivity index (χ0) is 18.9. The number of unbranched alkanes of at least 4 members (excludes halogenated alkanes) is 1. The first kappa shape index (κ1) is 22.2. The van der Waals surface area contributed by atoms with E-state index < -0.39 is 51.8 Å². The van der Waals surface area contributed by atoms with Crippen molar-refractivity contribution in [1.82, 2.24) is 10.6 Å². The summed E-state index contributed by atoms with van der Waals surface area (Å²) in [5.74, 6) is -4.30. The van der Waals surface area contributed by atoms with Crippen LogP contribution in [0.5, 0.6) is 0 Å². The van der Waals surface area contributed by atoms with Gasteiger partial charge in [0.05, 0.1) is 6.04 Å². The Hall–Kier alpha value is -1.76. The normalized spacial score (nSPS) is 15.2. The van der Waals surface area contributed by atoms with E-state index in [0.717, 1.165) is 0 Å². The van der Waals surface area contributed by atoms with E-state index in [1.54, 1.807) is 0 Å². The highest BCUT2D eigenvalue weighted by Crippen LogP contribution is 2.02. The fourth-order valence-corrected chi connectivity index (χ4v) is 2.38. The standard InChI is InChI=1S/C12H24N4O7S/c1-7(14)10(17)16-9(6-24(21,22)23)11(18)15-8(12(19)20)4-2-3-5-13/h7-9H,2-6,13-14H2,1H3,(H,15,18)(H,16,17)(H,19,20)(H,21,22,23). The predicted octanol–water partition coefficient (Wildman–Crippen LogP) is -2.60. The van der Waals surface area contributed by atoms with Crippen LogP contribution >= 0.6 is 0 Å². The number of aliphatic carboxylic acids is 1. The molecular weight excluding hydrogens is 344 g/mol. The summed E-state index contributed by atoms with van der Waals surface area (Å²) in [7, 11) is -4.60. The van der Waals surface area contributed by atoms with Gasteiger partial charge in [-0.05, 0) is 32.7 Å². The van der Waals surface area contributed by atoms with Gasteiger partial charge in [0.2, 0.25) is 11.8 Å². The van der Waals surface area contributed by atoms with Crippen molar-refractivity contribution in [3.8, 4) is 0 Å². The van der Waals surface area contributed by atoms with Gasteiger partial charge in [-0.2, -0.15) is 8.42 Å². The summed E-state index contributed by atoms with van der Waals surface area (Å²) >= 11 is 0. The van der Waals surface area contributed by atoms with Gasteiger partial charge in [-0.15, -0.1) is 0 Å². The highest BCUT2D eigenvalue weighted by Gasteiger charge is 2.30. The van der Waals surface area contributed by atoms with Gasteiger partial charge in [-0.3, -0.25) is 14.1 Å². The molecule has 8 N–H and O–H groups in total. The smallest absolute Gasteiger partial charge is 0.326 e. The molecule has 0 heterocycles. The minimum Gasteiger partial charge on any atom is -0.480 e. The molecule has 0 aliphatic carbocycles. The Labute approximate surface area is 139 Å². The maximum absolute atomic E-state index is 12.1. The van der Waals surface area contributed by atoms with Crippen LogP contribution in [0, 0.1) is 0 Å². The largest absolute Gasteiger partial charge is 0.480 e. The minimum atomic E-state index is -4.60. The first-order valence-electron chi connectivity index (χ1n) is 7.22. The molecule has 0 radical (unpaired) electrons. The molecule has 0 fully saturated rings. The Morgan fingerprint density at radius 1 is 1.08 bits per heavy atom. The van der Waals surface area contributed by atoms with Crippen LogP contribution < -0.4 is 22.1 Å². The summed E-state index contributed by atoms with van der Waals surface area (Å²) in [6, 6.07) is -3.98. The van der Waals surface area contributed by atoms with Crippen LogP contribution in [0.4, 0.5) is 0 Å². The van der Waals surface area contributed by atoms with Gasteiger partial charge in [0.1, 0.15) is 17.8 Å². The molecule has 0 rings (SSSR count). The van der Waals surface area contributed by atoms with E-state index in [0.29, 0.717) is 19.4 Å². The van der Waals surface area contributed by atoms with Crippen LogP contribution in [0.3, 0.4) is 0 Å². The van der Waals surface area contributed by atoms with Crippen molar-refractivity contribution in [3.05, 3.63) is 0 Å². The fraction of sp³-hybridized carbons (Fsp3) is 0.750. The van der Waals surface area contributed by atoms with Gasteiger partial charge in [0.25, 0.3) is 10.1 Å². The Bertz CT molecular complexity index is 550. The number of carbonyl (C=O) groups is 3. The number of nitrogens with two attached hydrogens (primary N) is 2. The summed E-state index contributed by atoms with van der Waals surface area (Å²) in [5.41, 5.74) is 10.6. The average molecular weight is 368 g/mol. The first-order chi connectivity index (χ1) is 11.0. The van der Waals surface area contributed by atoms with E-state index in [1.165, 1.54) is 6.92 Å². The molecule has 0 bridgehead atoms. The molecule has 11 nitrogen and oxygen atoms in total. The monoisotopic (exact) mass is 368 g/mol. The summed E-state index contributed by atoms with van der Waals surface area (Å²) in [6.07, 6.45) is 1.07. The second-order valence-corrected chi connectivity index (χ2v) is 6.78. The molecule has 0 aromatic carbocycles. The van der Waals surface area contributed by atoms with E-state index in [2.05, 4.69) is 10.6 Å². The number of nitrogens with one attached hydrogen (secondary N) is 2. The van der Waals surface area contributed by atoms with Crippen molar-refractivity contribution in [2.24, 2.45) is 11.5 Å². The van der Waals surface area contributed by atoms with Gasteiger partial charge in [0.15, 0.2) is 0 Å². The quantitative estimate of drug-likeness (QED) is 0.167. The molecule has 12 heteroatoms. The van der Waals surface area contributed by atoms with Crippen molar-refractivity contribution in [1.29, 1.82) is 0 Å². The molecule has 2 amide bonds. The minimum absolute atomic E-state index is 0.0815. The van der Waals surface area contributed by atoms with E-state index in [1.807, 2.05) is 0 Å². The number of carboxylic acid groups (broad SMARTS) is 1. The second kappa shape index (κ2) is 10.2. The predicted molar refractivity (Wildman–Crippen MR) is 84.5 cm³/mol. The van der Waals surface area contributed by atoms with Crippen LogP contribution in [0.25, 0.3) is 0 Å². The Balaban J connectivity index is 5.05. The van der Waals surface area contributed by atoms with E-state index >= 15 is 0 Å². The summed E-state index contributed by atoms with van der Waals surface area (Å²) < 4.78 is 30.9. The van der Waals surface area contributed by atoms with Gasteiger partial charge in [-0.1, -0.05) is 0 Å². The fourth-order valence-electron chi connectivity index (χ4n) is 1.72. The Morgan fingerprint density at radius 2 is 1.62 bits per heavy atom. The third kappa shape index (κ3) is 9.39. The van der Waals surface area contributed by atoms with Gasteiger partial charge in [-0.25, -0.2) is 4.79 Å². The first-order valence-corrected chi connectivity index (χ1v) is 8.83. The van der Waals surface area contributed by atoms with E-state index in [-0.39, 0.29) is 6.42 Å². The Morgan fingerprint density at radius 3 is 2.04 bits per heavy atom. The molecule has 140 valence electrons. The molecule has 0 saturated heterocycles. The van der Waals surface area contributed by atoms with Crippen molar-refractivity contribution in [2.75, 3.05) is 12.3 Å². The zero-order valence-electron chi connectivity index (χ0n) is 13.3. The maximum atomic E-state index is 12.1. The average Bonchev–Trinajstić information content (AvgIpc) is 2.43. The van der Waals surface area contributed by atoms with Crippen molar-refractivity contribution < 1.29 is 32.5 Å². The van der Waals surface area contributed by atoms with Crippen LogP contribution in [0.15, 0.2) is 0 Å². The summed E-state index contributed by atoms with van der Waals surface area (Å²) in [6.45, 7) is 1.67. The van der Waals surface area contributed by atoms with Crippen LogP contribution in [0.2, 0.25) is 0 Å². The number of carboxylic acids is 1. The van der Waals surface area contributed by atoms with Crippen LogP contribution in [-0.4, -0.2) is 66.3 Å². The van der Waals surface area contributed by atoms with Crippen molar-refractivity contribution >= 4 is 27.9 Å². The molecule has 3 atom stereocenters. The lowest BCUT2D eigenvalue weighted by atomic mass is 10.1. The van der Waals surface area contributed by atoms with Gasteiger partial charge < -0.3 is 27.2 Å². The lowest BCUT2D eigenvalue weighted by Gasteiger charge is -2.21. The molecule has 24 heavy (non-hydrogen) atoms. The highest BCUT2D eigenvalue weighted by atomic mass is 32.2. The molecule has 0 spiro atoms. The number of rotatable bonds is 11.